The summed E-state index contributed by atoms with van der Waals surface area (Å²) in [7, 11) is 0. The Balaban J connectivity index is 3.15. The smallest absolute Gasteiger partial charge is 0.326 e. The number of nitrogens with one attached hydrogen (secondary N) is 3. The van der Waals surface area contributed by atoms with Crippen LogP contribution in [0.4, 0.5) is 0 Å². The third-order valence-corrected chi connectivity index (χ3v) is 5.57. The Morgan fingerprint density at radius 1 is 0.833 bits per heavy atom. The molecule has 1 aromatic carbocycles. The summed E-state index contributed by atoms with van der Waals surface area (Å²) in [4.78, 5) is 61.8. The van der Waals surface area contributed by atoms with Crippen LogP contribution in [0.5, 0.6) is 0 Å². The van der Waals surface area contributed by atoms with Gasteiger partial charge < -0.3 is 32.5 Å². The Hall–Kier alpha value is -3.47. The van der Waals surface area contributed by atoms with Gasteiger partial charge in [-0.1, -0.05) is 58.0 Å². The summed E-state index contributed by atoms with van der Waals surface area (Å²) in [6.07, 6.45) is 0.00862. The molecule has 0 aliphatic rings. The minimum Gasteiger partial charge on any atom is -0.480 e. The maximum Gasteiger partial charge on any atom is 0.326 e. The van der Waals surface area contributed by atoms with Gasteiger partial charge in [-0.25, -0.2) is 4.79 Å². The summed E-state index contributed by atoms with van der Waals surface area (Å²) >= 11 is 0. The number of carbonyl (C=O) groups excluding carboxylic acids is 4. The third-order valence-electron chi connectivity index (χ3n) is 5.57. The third kappa shape index (κ3) is 10.9. The Labute approximate surface area is 211 Å². The number of hydrogen-bond donors (Lipinski definition) is 6. The zero-order chi connectivity index (χ0) is 27.4. The van der Waals surface area contributed by atoms with Crippen LogP contribution in [0.15, 0.2) is 30.3 Å². The second-order valence-corrected chi connectivity index (χ2v) is 9.62. The number of rotatable bonds is 15. The highest BCUT2D eigenvalue weighted by molar-refractivity contribution is 5.94. The minimum absolute atomic E-state index is 0.00660. The largest absolute Gasteiger partial charge is 0.480 e. The normalized spacial score (nSPS) is 14.4. The van der Waals surface area contributed by atoms with E-state index in [2.05, 4.69) is 16.0 Å². The number of carbonyl (C=O) groups is 5. The molecule has 0 saturated carbocycles. The lowest BCUT2D eigenvalue weighted by Gasteiger charge is -2.26. The lowest BCUT2D eigenvalue weighted by Crippen LogP contribution is -2.58. The van der Waals surface area contributed by atoms with Crippen LogP contribution in [-0.4, -0.2) is 58.9 Å². The number of nitrogens with two attached hydrogens (primary N) is 2. The molecule has 36 heavy (non-hydrogen) atoms. The van der Waals surface area contributed by atoms with Crippen molar-refractivity contribution in [3.63, 3.8) is 0 Å². The van der Waals surface area contributed by atoms with Gasteiger partial charge in [0.1, 0.15) is 18.1 Å². The highest BCUT2D eigenvalue weighted by Crippen LogP contribution is 2.09. The fourth-order valence-electron chi connectivity index (χ4n) is 3.42. The molecule has 8 N–H and O–H groups in total. The van der Waals surface area contributed by atoms with E-state index < -0.39 is 53.8 Å². The first-order valence-corrected chi connectivity index (χ1v) is 12.0. The SMILES string of the molecule is CC(C)CC(NC(=O)C(Cc1ccccc1)NC(=O)C(CCC(N)=O)NC(=O)C(N)C(C)C)C(=O)O. The van der Waals surface area contributed by atoms with E-state index in [1.807, 2.05) is 13.8 Å². The van der Waals surface area contributed by atoms with Crippen LogP contribution in [-0.2, 0) is 30.4 Å². The quantitative estimate of drug-likeness (QED) is 0.194. The molecule has 4 amide bonds. The van der Waals surface area contributed by atoms with E-state index in [-0.39, 0.29) is 37.5 Å². The molecular weight excluding hydrogens is 466 g/mol. The van der Waals surface area contributed by atoms with Crippen molar-refractivity contribution in [3.8, 4) is 0 Å². The van der Waals surface area contributed by atoms with E-state index in [9.17, 15) is 29.1 Å². The second-order valence-electron chi connectivity index (χ2n) is 9.62. The molecule has 0 fully saturated rings. The van der Waals surface area contributed by atoms with Crippen molar-refractivity contribution >= 4 is 29.6 Å². The van der Waals surface area contributed by atoms with E-state index >= 15 is 0 Å². The maximum atomic E-state index is 13.2. The summed E-state index contributed by atoms with van der Waals surface area (Å²) in [5.74, 6) is -4.02. The number of carboxylic acid groups (broad SMARTS) is 1. The number of benzene rings is 1. The Morgan fingerprint density at radius 2 is 1.36 bits per heavy atom. The average Bonchev–Trinajstić information content (AvgIpc) is 2.80. The van der Waals surface area contributed by atoms with Crippen LogP contribution in [0.3, 0.4) is 0 Å². The van der Waals surface area contributed by atoms with Gasteiger partial charge in [0.05, 0.1) is 6.04 Å². The molecule has 0 heterocycles. The molecule has 1 aromatic rings. The zero-order valence-electron chi connectivity index (χ0n) is 21.3. The van der Waals surface area contributed by atoms with Gasteiger partial charge in [0.2, 0.25) is 23.6 Å². The van der Waals surface area contributed by atoms with Gasteiger partial charge >= 0.3 is 5.97 Å². The number of carboxylic acids is 1. The predicted molar refractivity (Wildman–Crippen MR) is 134 cm³/mol. The van der Waals surface area contributed by atoms with Crippen LogP contribution in [0.1, 0.15) is 52.5 Å². The van der Waals surface area contributed by atoms with Crippen LogP contribution < -0.4 is 27.4 Å². The summed E-state index contributed by atoms with van der Waals surface area (Å²) in [5, 5.41) is 17.2. The van der Waals surface area contributed by atoms with E-state index in [1.54, 1.807) is 44.2 Å². The molecule has 0 aromatic heterocycles. The van der Waals surface area contributed by atoms with Crippen LogP contribution >= 0.6 is 0 Å². The fraction of sp³-hybridized carbons (Fsp3) is 0.560. The van der Waals surface area contributed by atoms with Crippen molar-refractivity contribution in [1.29, 1.82) is 0 Å². The Bertz CT molecular complexity index is 905. The van der Waals surface area contributed by atoms with Crippen LogP contribution in [0, 0.1) is 11.8 Å². The van der Waals surface area contributed by atoms with Crippen molar-refractivity contribution in [2.75, 3.05) is 0 Å². The highest BCUT2D eigenvalue weighted by atomic mass is 16.4. The molecule has 4 unspecified atom stereocenters. The first-order valence-electron chi connectivity index (χ1n) is 12.0. The molecular formula is C25H39N5O6. The second kappa shape index (κ2) is 14.8. The molecule has 0 radical (unpaired) electrons. The zero-order valence-corrected chi connectivity index (χ0v) is 21.3. The van der Waals surface area contributed by atoms with Crippen LogP contribution in [0.25, 0.3) is 0 Å². The van der Waals surface area contributed by atoms with Gasteiger partial charge in [-0.15, -0.1) is 0 Å². The van der Waals surface area contributed by atoms with E-state index in [0.29, 0.717) is 0 Å². The molecule has 0 aliphatic carbocycles. The van der Waals surface area contributed by atoms with E-state index in [4.69, 9.17) is 11.5 Å². The summed E-state index contributed by atoms with van der Waals surface area (Å²) < 4.78 is 0. The minimum atomic E-state index is -1.18. The first kappa shape index (κ1) is 30.6. The van der Waals surface area contributed by atoms with Gasteiger partial charge in [0.25, 0.3) is 0 Å². The molecule has 200 valence electrons. The highest BCUT2D eigenvalue weighted by Gasteiger charge is 2.31. The molecule has 0 bridgehead atoms. The molecule has 0 saturated heterocycles. The summed E-state index contributed by atoms with van der Waals surface area (Å²) in [6.45, 7) is 7.16. The molecule has 0 aliphatic heterocycles. The van der Waals surface area contributed by atoms with Gasteiger partial charge in [-0.05, 0) is 30.2 Å². The monoisotopic (exact) mass is 505 g/mol. The molecule has 11 heteroatoms. The molecule has 1 rings (SSSR count). The fourth-order valence-corrected chi connectivity index (χ4v) is 3.42. The summed E-state index contributed by atoms with van der Waals surface area (Å²) in [6, 6.07) is 4.54. The van der Waals surface area contributed by atoms with Crippen molar-refractivity contribution < 1.29 is 29.1 Å². The van der Waals surface area contributed by atoms with Crippen molar-refractivity contribution in [3.05, 3.63) is 35.9 Å². The first-order chi connectivity index (χ1) is 16.8. The number of primary amides is 1. The van der Waals surface area contributed by atoms with E-state index in [1.165, 1.54) is 0 Å². The number of hydrogen-bond acceptors (Lipinski definition) is 6. The molecule has 11 nitrogen and oxygen atoms in total. The van der Waals surface area contributed by atoms with Gasteiger partial charge in [-0.2, -0.15) is 0 Å². The molecule has 4 atom stereocenters. The lowest BCUT2D eigenvalue weighted by molar-refractivity contribution is -0.142. The van der Waals surface area contributed by atoms with Gasteiger partial charge in [0.15, 0.2) is 0 Å². The van der Waals surface area contributed by atoms with Crippen molar-refractivity contribution in [2.24, 2.45) is 23.3 Å². The lowest BCUT2D eigenvalue weighted by atomic mass is 10.0. The maximum absolute atomic E-state index is 13.2. The van der Waals surface area contributed by atoms with Gasteiger partial charge in [0, 0.05) is 12.8 Å². The predicted octanol–water partition coefficient (Wildman–Crippen LogP) is 0.0630. The average molecular weight is 506 g/mol. The standard InChI is InChI=1S/C25H39N5O6/c1-14(2)12-19(25(35)36)30-23(33)18(13-16-8-6-5-7-9-16)29-22(32)17(10-11-20(26)31)28-24(34)21(27)15(3)4/h5-9,14-15,17-19,21H,10-13,27H2,1-4H3,(H2,26,31)(H,28,34)(H,29,32)(H,30,33)(H,35,36). The topological polar surface area (TPSA) is 194 Å². The Morgan fingerprint density at radius 3 is 1.86 bits per heavy atom. The van der Waals surface area contributed by atoms with E-state index in [0.717, 1.165) is 5.56 Å². The van der Waals surface area contributed by atoms with Gasteiger partial charge in [-0.3, -0.25) is 19.2 Å². The number of amides is 4. The van der Waals surface area contributed by atoms with Crippen molar-refractivity contribution in [2.45, 2.75) is 77.5 Å². The number of aliphatic carboxylic acids is 1. The molecule has 0 spiro atoms. The van der Waals surface area contributed by atoms with Crippen LogP contribution in [0.2, 0.25) is 0 Å². The Kier molecular flexibility index (Phi) is 12.6. The van der Waals surface area contributed by atoms with Crippen molar-refractivity contribution in [1.82, 2.24) is 16.0 Å². The summed E-state index contributed by atoms with van der Waals surface area (Å²) in [5.41, 5.74) is 11.8.